The zero-order valence-electron chi connectivity index (χ0n) is 33.2. The van der Waals surface area contributed by atoms with Gasteiger partial charge in [0, 0.05) is 18.5 Å². The SMILES string of the molecule is CC/C(=C\c1ccccc1O)CC[C@H]1OB(O)C[C@H]2C1=C(CO[Si](c1ccccc1)(c1ccccc1)C(C)(C)C)C[C@H]1C(=O)N(CCCCCC(=O)O)C(=O)[C@H]12. The van der Waals surface area contributed by atoms with E-state index in [1.54, 1.807) is 12.1 Å². The third-order valence-electron chi connectivity index (χ3n) is 12.0. The van der Waals surface area contributed by atoms with Crippen LogP contribution in [0.2, 0.25) is 11.4 Å². The highest BCUT2D eigenvalue weighted by molar-refractivity contribution is 6.99. The number of nitrogens with zero attached hydrogens (tertiary/aromatic N) is 1. The van der Waals surface area contributed by atoms with E-state index in [-0.39, 0.29) is 48.5 Å². The molecule has 6 rings (SSSR count). The molecule has 0 bridgehead atoms. The summed E-state index contributed by atoms with van der Waals surface area (Å²) in [6, 6.07) is 28.1. The summed E-state index contributed by atoms with van der Waals surface area (Å²) in [6.45, 7) is 9.28. The molecule has 296 valence electrons. The lowest BCUT2D eigenvalue weighted by Crippen LogP contribution is -2.66. The fourth-order valence-corrected chi connectivity index (χ4v) is 13.9. The molecule has 2 heterocycles. The number of para-hydroxylation sites is 1. The molecule has 4 atom stereocenters. The third-order valence-corrected chi connectivity index (χ3v) is 17.0. The standard InChI is InChI=1S/C45H56BNO8Si/c1-5-31(27-32-17-14-15-22-38(32)48)24-25-39-41-33(30-54-56(45(2,3)4,34-18-9-6-10-19-34)35-20-11-7-12-21-35)28-36-42(37(41)29-46(53)55-39)44(52)47(43(36)51)26-16-8-13-23-40(49)50/h6-7,9-12,14-15,17-22,27,36-37,39,42,48,53H,5,8,13,16,23-26,28-30H2,1-4H3,(H,49,50)/b31-27+/t36-,37+,39-,42-/m1/s1. The van der Waals surface area contributed by atoms with Crippen LogP contribution >= 0.6 is 0 Å². The summed E-state index contributed by atoms with van der Waals surface area (Å²) in [4.78, 5) is 40.9. The van der Waals surface area contributed by atoms with E-state index in [1.165, 1.54) is 4.90 Å². The van der Waals surface area contributed by atoms with Crippen molar-refractivity contribution in [3.63, 3.8) is 0 Å². The van der Waals surface area contributed by atoms with Crippen molar-refractivity contribution in [3.05, 3.63) is 107 Å². The molecule has 0 spiro atoms. The fraction of sp³-hybridized carbons (Fsp3) is 0.444. The topological polar surface area (TPSA) is 134 Å². The lowest BCUT2D eigenvalue weighted by Gasteiger charge is -2.46. The maximum Gasteiger partial charge on any atom is 0.455 e. The van der Waals surface area contributed by atoms with E-state index in [4.69, 9.17) is 14.2 Å². The number of imide groups is 1. The zero-order chi connectivity index (χ0) is 40.0. The minimum Gasteiger partial charge on any atom is -0.507 e. The largest absolute Gasteiger partial charge is 0.507 e. The van der Waals surface area contributed by atoms with Crippen molar-refractivity contribution in [1.82, 2.24) is 4.90 Å². The van der Waals surface area contributed by atoms with Crippen LogP contribution in [0.15, 0.2) is 102 Å². The van der Waals surface area contributed by atoms with Gasteiger partial charge in [0.25, 0.3) is 8.32 Å². The molecule has 3 aliphatic rings. The Bertz CT molecular complexity index is 1890. The number of carboxylic acid groups (broad SMARTS) is 1. The lowest BCUT2D eigenvalue weighted by atomic mass is 9.58. The van der Waals surface area contributed by atoms with E-state index in [2.05, 4.69) is 76.2 Å². The second kappa shape index (κ2) is 17.9. The smallest absolute Gasteiger partial charge is 0.455 e. The van der Waals surface area contributed by atoms with E-state index in [1.807, 2.05) is 30.3 Å². The van der Waals surface area contributed by atoms with Crippen LogP contribution in [0.3, 0.4) is 0 Å². The van der Waals surface area contributed by atoms with Crippen LogP contribution in [0.1, 0.15) is 84.6 Å². The minimum absolute atomic E-state index is 0.0535. The molecule has 2 amide bonds. The van der Waals surface area contributed by atoms with Gasteiger partial charge in [0.05, 0.1) is 24.5 Å². The van der Waals surface area contributed by atoms with E-state index >= 15 is 0 Å². The average molecular weight is 778 g/mol. The summed E-state index contributed by atoms with van der Waals surface area (Å²) in [7, 11) is -4.09. The monoisotopic (exact) mass is 777 g/mol. The number of aromatic hydroxyl groups is 1. The maximum atomic E-state index is 14.3. The number of phenols is 1. The molecule has 2 saturated heterocycles. The summed E-state index contributed by atoms with van der Waals surface area (Å²) in [6.07, 6.45) is 5.70. The van der Waals surface area contributed by atoms with E-state index in [0.29, 0.717) is 38.5 Å². The Balaban J connectivity index is 1.38. The Kier molecular flexibility index (Phi) is 13.2. The first kappa shape index (κ1) is 41.3. The Morgan fingerprint density at radius 1 is 0.911 bits per heavy atom. The third kappa shape index (κ3) is 8.66. The van der Waals surface area contributed by atoms with Crippen LogP contribution in [-0.4, -0.2) is 72.6 Å². The molecule has 0 unspecified atom stereocenters. The highest BCUT2D eigenvalue weighted by Gasteiger charge is 2.58. The molecule has 9 nitrogen and oxygen atoms in total. The van der Waals surface area contributed by atoms with Gasteiger partial charge in [0.2, 0.25) is 11.8 Å². The van der Waals surface area contributed by atoms with E-state index < -0.39 is 45.3 Å². The van der Waals surface area contributed by atoms with E-state index in [0.717, 1.165) is 39.1 Å². The number of likely N-dealkylation sites (tertiary alicyclic amines) is 1. The summed E-state index contributed by atoms with van der Waals surface area (Å²) >= 11 is 0. The summed E-state index contributed by atoms with van der Waals surface area (Å²) < 4.78 is 13.9. The molecule has 3 aromatic carbocycles. The van der Waals surface area contributed by atoms with Crippen molar-refractivity contribution in [1.29, 1.82) is 0 Å². The minimum atomic E-state index is -2.99. The first-order valence-electron chi connectivity index (χ1n) is 20.2. The fourth-order valence-electron chi connectivity index (χ4n) is 9.36. The van der Waals surface area contributed by atoms with Gasteiger partial charge in [0.15, 0.2) is 0 Å². The molecular weight excluding hydrogens is 721 g/mol. The second-order valence-corrected chi connectivity index (χ2v) is 20.9. The number of unbranched alkanes of at least 4 members (excludes halogenated alkanes) is 2. The normalized spacial score (nSPS) is 21.7. The Hall–Kier alpha value is -4.29. The predicted molar refractivity (Wildman–Crippen MR) is 222 cm³/mol. The summed E-state index contributed by atoms with van der Waals surface area (Å²) in [5.41, 5.74) is 3.79. The van der Waals surface area contributed by atoms with Crippen LogP contribution in [0, 0.1) is 17.8 Å². The number of benzene rings is 3. The Morgan fingerprint density at radius 2 is 1.55 bits per heavy atom. The van der Waals surface area contributed by atoms with Gasteiger partial charge in [-0.2, -0.15) is 0 Å². The molecule has 0 aromatic heterocycles. The summed E-state index contributed by atoms with van der Waals surface area (Å²) in [5, 5.41) is 32.8. The molecule has 2 aliphatic heterocycles. The molecule has 3 aromatic rings. The molecule has 2 fully saturated rings. The van der Waals surface area contributed by atoms with Crippen molar-refractivity contribution >= 4 is 49.7 Å². The van der Waals surface area contributed by atoms with Gasteiger partial charge < -0.3 is 24.3 Å². The van der Waals surface area contributed by atoms with Crippen molar-refractivity contribution in [2.75, 3.05) is 13.2 Å². The quantitative estimate of drug-likeness (QED) is 0.0614. The zero-order valence-corrected chi connectivity index (χ0v) is 34.2. The lowest BCUT2D eigenvalue weighted by molar-refractivity contribution is -0.141. The number of fused-ring (bicyclic) bond motifs is 3. The number of hydrogen-bond acceptors (Lipinski definition) is 7. The van der Waals surface area contributed by atoms with Crippen LogP contribution in [0.4, 0.5) is 0 Å². The first-order valence-corrected chi connectivity index (χ1v) is 22.1. The number of aliphatic carboxylic acids is 1. The highest BCUT2D eigenvalue weighted by Crippen LogP contribution is 2.51. The van der Waals surface area contributed by atoms with Crippen molar-refractivity contribution in [2.45, 2.75) is 96.5 Å². The molecule has 0 saturated carbocycles. The Morgan fingerprint density at radius 3 is 2.16 bits per heavy atom. The second-order valence-electron chi connectivity index (χ2n) is 16.6. The van der Waals surface area contributed by atoms with Gasteiger partial charge in [0.1, 0.15) is 5.75 Å². The summed E-state index contributed by atoms with van der Waals surface area (Å²) in [5.74, 6) is -2.65. The molecule has 3 N–H and O–H groups in total. The highest BCUT2D eigenvalue weighted by atomic mass is 28.4. The number of carbonyl (C=O) groups is 3. The average Bonchev–Trinajstić information content (AvgIpc) is 3.41. The number of hydrogen-bond donors (Lipinski definition) is 3. The van der Waals surface area contributed by atoms with Gasteiger partial charge >= 0.3 is 13.1 Å². The number of carboxylic acids is 1. The van der Waals surface area contributed by atoms with Gasteiger partial charge in [-0.1, -0.05) is 125 Å². The molecule has 1 aliphatic carbocycles. The van der Waals surface area contributed by atoms with Crippen LogP contribution in [0.25, 0.3) is 6.08 Å². The number of rotatable bonds is 16. The molecule has 11 heteroatoms. The Labute approximate surface area is 332 Å². The van der Waals surface area contributed by atoms with Crippen LogP contribution in [0.5, 0.6) is 5.75 Å². The van der Waals surface area contributed by atoms with Crippen LogP contribution < -0.4 is 10.4 Å². The first-order chi connectivity index (χ1) is 26.9. The van der Waals surface area contributed by atoms with Crippen molar-refractivity contribution in [3.8, 4) is 5.75 Å². The maximum absolute atomic E-state index is 14.3. The van der Waals surface area contributed by atoms with Crippen molar-refractivity contribution in [2.24, 2.45) is 17.8 Å². The number of amides is 2. The predicted octanol–water partition coefficient (Wildman–Crippen LogP) is 6.98. The van der Waals surface area contributed by atoms with Crippen molar-refractivity contribution < 1.29 is 38.7 Å². The number of phenolic OH excluding ortho intramolecular Hbond substituents is 1. The van der Waals surface area contributed by atoms with Gasteiger partial charge in [-0.25, -0.2) is 0 Å². The number of allylic oxidation sites excluding steroid dienone is 1. The molecular formula is C45H56BNO8Si. The van der Waals surface area contributed by atoms with Gasteiger partial charge in [-0.05, 0) is 83.4 Å². The molecule has 56 heavy (non-hydrogen) atoms. The number of carbonyl (C=O) groups excluding carboxylic acids is 2. The molecule has 0 radical (unpaired) electrons. The van der Waals surface area contributed by atoms with E-state index in [9.17, 15) is 24.5 Å². The van der Waals surface area contributed by atoms with Gasteiger partial charge in [-0.3, -0.25) is 19.3 Å². The van der Waals surface area contributed by atoms with Crippen LogP contribution in [-0.2, 0) is 23.5 Å². The van der Waals surface area contributed by atoms with Gasteiger partial charge in [-0.15, -0.1) is 0 Å².